The minimum atomic E-state index is 0.241. The van der Waals surface area contributed by atoms with Crippen LogP contribution in [0, 0.1) is 5.41 Å². The normalized spacial score (nSPS) is 13.7. The van der Waals surface area contributed by atoms with E-state index < -0.39 is 0 Å². The zero-order valence-electron chi connectivity index (χ0n) is 10.9. The third kappa shape index (κ3) is 6.39. The van der Waals surface area contributed by atoms with E-state index in [1.165, 1.54) is 6.42 Å². The summed E-state index contributed by atoms with van der Waals surface area (Å²) >= 11 is 0. The largest absolute Gasteiger partial charge is 0.329 e. The molecule has 0 spiro atoms. The maximum Gasteiger partial charge on any atom is 0.0125 e. The molecule has 0 radical (unpaired) electrons. The third-order valence-corrected chi connectivity index (χ3v) is 2.48. The number of nitrogens with zero attached hydrogens (tertiary/aromatic N) is 1. The van der Waals surface area contributed by atoms with E-state index in [0.29, 0.717) is 5.41 Å². The van der Waals surface area contributed by atoms with Crippen LogP contribution in [0.5, 0.6) is 0 Å². The molecule has 14 heavy (non-hydrogen) atoms. The Bertz CT molecular complexity index is 151. The molecule has 0 aliphatic rings. The molecule has 0 aliphatic heterocycles. The van der Waals surface area contributed by atoms with Crippen LogP contribution in [0.2, 0.25) is 0 Å². The van der Waals surface area contributed by atoms with Crippen LogP contribution in [0.3, 0.4) is 0 Å². The van der Waals surface area contributed by atoms with Gasteiger partial charge in [0.1, 0.15) is 0 Å². The van der Waals surface area contributed by atoms with Gasteiger partial charge in [-0.1, -0.05) is 20.8 Å². The quantitative estimate of drug-likeness (QED) is 0.755. The van der Waals surface area contributed by atoms with Crippen molar-refractivity contribution in [3.63, 3.8) is 0 Å². The molecule has 0 saturated heterocycles. The third-order valence-electron chi connectivity index (χ3n) is 2.48. The monoisotopic (exact) mass is 200 g/mol. The molecule has 0 aromatic carbocycles. The summed E-state index contributed by atoms with van der Waals surface area (Å²) in [5.41, 5.74) is 6.28. The second-order valence-electron chi connectivity index (χ2n) is 6.26. The molecule has 86 valence electrons. The summed E-state index contributed by atoms with van der Waals surface area (Å²) in [6, 6.07) is 0. The first kappa shape index (κ1) is 13.9. The van der Waals surface area contributed by atoms with E-state index in [9.17, 15) is 0 Å². The Balaban J connectivity index is 4.12. The Labute approximate surface area is 89.9 Å². The highest BCUT2D eigenvalue weighted by atomic mass is 15.2. The van der Waals surface area contributed by atoms with Crippen LogP contribution in [-0.4, -0.2) is 30.1 Å². The predicted octanol–water partition coefficient (Wildman–Crippen LogP) is 2.48. The van der Waals surface area contributed by atoms with Crippen LogP contribution in [0.1, 0.15) is 48.0 Å². The van der Waals surface area contributed by atoms with Gasteiger partial charge in [0.05, 0.1) is 0 Å². The van der Waals surface area contributed by atoms with Gasteiger partial charge in [-0.25, -0.2) is 0 Å². The van der Waals surface area contributed by atoms with E-state index in [1.54, 1.807) is 0 Å². The van der Waals surface area contributed by atoms with Gasteiger partial charge < -0.3 is 5.73 Å². The fourth-order valence-electron chi connectivity index (χ4n) is 1.41. The Morgan fingerprint density at radius 1 is 0.929 bits per heavy atom. The fourth-order valence-corrected chi connectivity index (χ4v) is 1.41. The summed E-state index contributed by atoms with van der Waals surface area (Å²) in [4.78, 5) is 2.47. The van der Waals surface area contributed by atoms with Crippen molar-refractivity contribution >= 4 is 0 Å². The molecule has 2 N–H and O–H groups in total. The van der Waals surface area contributed by atoms with Gasteiger partial charge in [0, 0.05) is 18.6 Å². The smallest absolute Gasteiger partial charge is 0.0125 e. The lowest BCUT2D eigenvalue weighted by Crippen LogP contribution is -2.45. The lowest BCUT2D eigenvalue weighted by atomic mass is 9.91. The van der Waals surface area contributed by atoms with Crippen molar-refractivity contribution in [3.05, 3.63) is 0 Å². The number of nitrogens with two attached hydrogens (primary N) is 1. The van der Waals surface area contributed by atoms with Crippen LogP contribution in [0.15, 0.2) is 0 Å². The van der Waals surface area contributed by atoms with Crippen molar-refractivity contribution in [3.8, 4) is 0 Å². The molecule has 0 rings (SSSR count). The zero-order valence-corrected chi connectivity index (χ0v) is 10.9. The maximum atomic E-state index is 5.62. The highest BCUT2D eigenvalue weighted by Crippen LogP contribution is 2.21. The summed E-state index contributed by atoms with van der Waals surface area (Å²) in [6.07, 6.45) is 1.23. The average Bonchev–Trinajstić information content (AvgIpc) is 1.93. The van der Waals surface area contributed by atoms with Gasteiger partial charge in [0.25, 0.3) is 0 Å². The second-order valence-corrected chi connectivity index (χ2v) is 6.26. The Morgan fingerprint density at radius 2 is 1.43 bits per heavy atom. The van der Waals surface area contributed by atoms with Crippen molar-refractivity contribution in [2.75, 3.05) is 19.6 Å². The SMILES string of the molecule is CC(C)(C)CCN(CCN)C(C)(C)C. The van der Waals surface area contributed by atoms with Gasteiger partial charge in [-0.2, -0.15) is 0 Å². The Morgan fingerprint density at radius 3 is 1.71 bits per heavy atom. The van der Waals surface area contributed by atoms with Gasteiger partial charge in [0.15, 0.2) is 0 Å². The molecular formula is C12H28N2. The molecule has 0 atom stereocenters. The Hall–Kier alpha value is -0.0800. The van der Waals surface area contributed by atoms with Gasteiger partial charge in [-0.3, -0.25) is 4.90 Å². The van der Waals surface area contributed by atoms with Gasteiger partial charge in [-0.15, -0.1) is 0 Å². The van der Waals surface area contributed by atoms with Crippen LogP contribution >= 0.6 is 0 Å². The van der Waals surface area contributed by atoms with E-state index in [0.717, 1.165) is 19.6 Å². The van der Waals surface area contributed by atoms with Gasteiger partial charge in [0.2, 0.25) is 0 Å². The summed E-state index contributed by atoms with van der Waals surface area (Å²) in [5, 5.41) is 0. The van der Waals surface area contributed by atoms with Crippen molar-refractivity contribution in [2.45, 2.75) is 53.5 Å². The van der Waals surface area contributed by atoms with E-state index in [1.807, 2.05) is 0 Å². The second kappa shape index (κ2) is 5.13. The van der Waals surface area contributed by atoms with E-state index >= 15 is 0 Å². The van der Waals surface area contributed by atoms with Crippen molar-refractivity contribution < 1.29 is 0 Å². The van der Waals surface area contributed by atoms with Crippen LogP contribution in [0.4, 0.5) is 0 Å². The van der Waals surface area contributed by atoms with Crippen LogP contribution in [-0.2, 0) is 0 Å². The average molecular weight is 200 g/mol. The van der Waals surface area contributed by atoms with Gasteiger partial charge >= 0.3 is 0 Å². The Kier molecular flexibility index (Phi) is 5.10. The van der Waals surface area contributed by atoms with Crippen molar-refractivity contribution in [1.29, 1.82) is 0 Å². The summed E-state index contributed by atoms with van der Waals surface area (Å²) in [7, 11) is 0. The highest BCUT2D eigenvalue weighted by molar-refractivity contribution is 4.78. The molecule has 2 heteroatoms. The maximum absolute atomic E-state index is 5.62. The fraction of sp³-hybridized carbons (Fsp3) is 1.00. The summed E-state index contributed by atoms with van der Waals surface area (Å²) in [5.74, 6) is 0. The lowest BCUT2D eigenvalue weighted by Gasteiger charge is -2.37. The molecule has 0 aromatic heterocycles. The standard InChI is InChI=1S/C12H28N2/c1-11(2,3)7-9-14(10-8-13)12(4,5)6/h7-10,13H2,1-6H3. The first-order valence-corrected chi connectivity index (χ1v) is 5.62. The molecular weight excluding hydrogens is 172 g/mol. The molecule has 0 saturated carbocycles. The lowest BCUT2D eigenvalue weighted by molar-refractivity contribution is 0.122. The molecule has 0 aliphatic carbocycles. The minimum Gasteiger partial charge on any atom is -0.329 e. The highest BCUT2D eigenvalue weighted by Gasteiger charge is 2.22. The molecule has 0 aromatic rings. The summed E-state index contributed by atoms with van der Waals surface area (Å²) in [6.45, 7) is 16.5. The number of rotatable bonds is 4. The first-order valence-electron chi connectivity index (χ1n) is 5.62. The molecule has 0 bridgehead atoms. The van der Waals surface area contributed by atoms with Gasteiger partial charge in [-0.05, 0) is 39.2 Å². The molecule has 2 nitrogen and oxygen atoms in total. The molecule has 0 amide bonds. The predicted molar refractivity (Wildman–Crippen MR) is 64.5 cm³/mol. The molecule has 0 heterocycles. The topological polar surface area (TPSA) is 29.3 Å². The molecule has 0 fully saturated rings. The number of hydrogen-bond acceptors (Lipinski definition) is 2. The van der Waals surface area contributed by atoms with Crippen molar-refractivity contribution in [2.24, 2.45) is 11.1 Å². The van der Waals surface area contributed by atoms with Crippen molar-refractivity contribution in [1.82, 2.24) is 4.90 Å². The first-order chi connectivity index (χ1) is 6.17. The van der Waals surface area contributed by atoms with E-state index in [-0.39, 0.29) is 5.54 Å². The minimum absolute atomic E-state index is 0.241. The van der Waals surface area contributed by atoms with Crippen LogP contribution < -0.4 is 5.73 Å². The summed E-state index contributed by atoms with van der Waals surface area (Å²) < 4.78 is 0. The zero-order chi connectivity index (χ0) is 11.4. The van der Waals surface area contributed by atoms with E-state index in [2.05, 4.69) is 46.4 Å². The van der Waals surface area contributed by atoms with Crippen LogP contribution in [0.25, 0.3) is 0 Å². The van der Waals surface area contributed by atoms with E-state index in [4.69, 9.17) is 5.73 Å². The molecule has 0 unspecified atom stereocenters. The number of hydrogen-bond donors (Lipinski definition) is 1.